The lowest BCUT2D eigenvalue weighted by Crippen LogP contribution is -2.52. The van der Waals surface area contributed by atoms with Crippen molar-refractivity contribution in [2.24, 2.45) is 0 Å². The quantitative estimate of drug-likeness (QED) is 0.786. The van der Waals surface area contributed by atoms with Crippen molar-refractivity contribution in [3.63, 3.8) is 0 Å². The molecule has 0 N–H and O–H groups in total. The van der Waals surface area contributed by atoms with Crippen LogP contribution in [0.2, 0.25) is 0 Å². The van der Waals surface area contributed by atoms with Crippen molar-refractivity contribution in [2.45, 2.75) is 57.7 Å². The number of rotatable bonds is 2. The lowest BCUT2D eigenvalue weighted by molar-refractivity contribution is -0.124. The summed E-state index contributed by atoms with van der Waals surface area (Å²) in [7, 11) is 0. The zero-order valence-electron chi connectivity index (χ0n) is 13.3. The predicted molar refractivity (Wildman–Crippen MR) is 81.9 cm³/mol. The summed E-state index contributed by atoms with van der Waals surface area (Å²) < 4.78 is 26.5. The summed E-state index contributed by atoms with van der Waals surface area (Å²) >= 11 is 0. The molecule has 1 aromatic carbocycles. The van der Waals surface area contributed by atoms with Gasteiger partial charge in [-0.15, -0.1) is 0 Å². The highest BCUT2D eigenvalue weighted by molar-refractivity contribution is 6.22. The van der Waals surface area contributed by atoms with Gasteiger partial charge in [-0.3, -0.25) is 14.5 Å². The van der Waals surface area contributed by atoms with Crippen LogP contribution in [0.4, 0.5) is 14.5 Å². The Hall–Kier alpha value is -1.82. The van der Waals surface area contributed by atoms with Crippen LogP contribution in [0, 0.1) is 11.6 Å². The van der Waals surface area contributed by atoms with Crippen molar-refractivity contribution in [3.8, 4) is 0 Å². The topological polar surface area (TPSA) is 40.6 Å². The summed E-state index contributed by atoms with van der Waals surface area (Å²) in [5, 5.41) is 0. The number of carbonyl (C=O) groups is 2. The third kappa shape index (κ3) is 2.76. The van der Waals surface area contributed by atoms with Crippen LogP contribution in [0.5, 0.6) is 0 Å². The Morgan fingerprint density at radius 2 is 1.70 bits per heavy atom. The maximum Gasteiger partial charge on any atom is 0.251 e. The van der Waals surface area contributed by atoms with Crippen molar-refractivity contribution >= 4 is 17.5 Å². The van der Waals surface area contributed by atoms with E-state index in [1.807, 2.05) is 0 Å². The van der Waals surface area contributed by atoms with Crippen LogP contribution in [0.1, 0.15) is 39.5 Å². The molecule has 0 saturated carbocycles. The monoisotopic (exact) mass is 322 g/mol. The van der Waals surface area contributed by atoms with E-state index in [1.54, 1.807) is 0 Å². The van der Waals surface area contributed by atoms with E-state index in [0.29, 0.717) is 0 Å². The standard InChI is InChI=1S/C17H20F2N2O2/c1-10-4-3-5-11(2)20(10)15-9-16(22)21(17(15)23)12-6-7-13(18)14(19)8-12/h6-8,10-11,15H,3-5,9H2,1-2H3/t10-,11+,15-/m1/s1. The van der Waals surface area contributed by atoms with Crippen LogP contribution in [-0.4, -0.2) is 34.8 Å². The maximum atomic E-state index is 13.4. The number of hydrogen-bond acceptors (Lipinski definition) is 3. The molecule has 6 heteroatoms. The summed E-state index contributed by atoms with van der Waals surface area (Å²) in [6, 6.07) is 3.04. The lowest BCUT2D eigenvalue weighted by atomic mass is 9.94. The molecule has 0 unspecified atom stereocenters. The molecule has 0 aliphatic carbocycles. The van der Waals surface area contributed by atoms with Gasteiger partial charge in [-0.05, 0) is 38.8 Å². The average molecular weight is 322 g/mol. The number of likely N-dealkylation sites (tertiary alicyclic amines) is 1. The zero-order chi connectivity index (χ0) is 16.7. The molecule has 2 aliphatic heterocycles. The summed E-state index contributed by atoms with van der Waals surface area (Å²) in [6.45, 7) is 4.13. The molecule has 2 aliphatic rings. The second-order valence-corrected chi connectivity index (χ2v) is 6.46. The van der Waals surface area contributed by atoms with Crippen molar-refractivity contribution in [1.82, 2.24) is 4.90 Å². The van der Waals surface area contributed by atoms with Crippen LogP contribution in [0.25, 0.3) is 0 Å². The number of hydrogen-bond donors (Lipinski definition) is 0. The Morgan fingerprint density at radius 3 is 2.30 bits per heavy atom. The molecule has 2 heterocycles. The predicted octanol–water partition coefficient (Wildman–Crippen LogP) is 2.86. The van der Waals surface area contributed by atoms with Crippen LogP contribution in [0.15, 0.2) is 18.2 Å². The molecule has 0 bridgehead atoms. The van der Waals surface area contributed by atoms with Crippen molar-refractivity contribution in [2.75, 3.05) is 4.90 Å². The Bertz CT molecular complexity index is 639. The third-order valence-electron chi connectivity index (χ3n) is 4.91. The molecular weight excluding hydrogens is 302 g/mol. The van der Waals surface area contributed by atoms with Gasteiger partial charge in [0.2, 0.25) is 5.91 Å². The van der Waals surface area contributed by atoms with E-state index in [4.69, 9.17) is 0 Å². The van der Waals surface area contributed by atoms with Gasteiger partial charge in [-0.2, -0.15) is 0 Å². The smallest absolute Gasteiger partial charge is 0.251 e. The fourth-order valence-corrected chi connectivity index (χ4v) is 3.80. The van der Waals surface area contributed by atoms with Gasteiger partial charge in [-0.1, -0.05) is 6.42 Å². The molecule has 0 spiro atoms. The largest absolute Gasteiger partial charge is 0.286 e. The average Bonchev–Trinajstić information content (AvgIpc) is 2.77. The molecule has 2 fully saturated rings. The van der Waals surface area contributed by atoms with Crippen molar-refractivity contribution < 1.29 is 18.4 Å². The summed E-state index contributed by atoms with van der Waals surface area (Å²) in [5.41, 5.74) is 0.0960. The highest BCUT2D eigenvalue weighted by Gasteiger charge is 2.46. The highest BCUT2D eigenvalue weighted by Crippen LogP contribution is 2.32. The number of halogens is 2. The molecule has 3 atom stereocenters. The van der Waals surface area contributed by atoms with E-state index >= 15 is 0 Å². The normalized spacial score (nSPS) is 29.4. The molecule has 1 aromatic rings. The van der Waals surface area contributed by atoms with Crippen LogP contribution in [-0.2, 0) is 9.59 Å². The molecular formula is C17H20F2N2O2. The van der Waals surface area contributed by atoms with E-state index in [0.717, 1.165) is 36.3 Å². The molecule has 3 rings (SSSR count). The van der Waals surface area contributed by atoms with Gasteiger partial charge in [-0.25, -0.2) is 13.7 Å². The number of piperidine rings is 1. The molecule has 0 radical (unpaired) electrons. The molecule has 2 saturated heterocycles. The van der Waals surface area contributed by atoms with Gasteiger partial charge in [0, 0.05) is 18.2 Å². The van der Waals surface area contributed by atoms with E-state index in [-0.39, 0.29) is 36.0 Å². The molecule has 4 nitrogen and oxygen atoms in total. The van der Waals surface area contributed by atoms with Gasteiger partial charge in [0.15, 0.2) is 11.6 Å². The minimum Gasteiger partial charge on any atom is -0.286 e. The Labute approximate surface area is 134 Å². The van der Waals surface area contributed by atoms with Gasteiger partial charge in [0.1, 0.15) is 0 Å². The molecule has 0 aromatic heterocycles. The lowest BCUT2D eigenvalue weighted by Gasteiger charge is -2.41. The van der Waals surface area contributed by atoms with Gasteiger partial charge >= 0.3 is 0 Å². The second kappa shape index (κ2) is 6.00. The first kappa shape index (κ1) is 16.1. The Balaban J connectivity index is 1.89. The molecule has 23 heavy (non-hydrogen) atoms. The van der Waals surface area contributed by atoms with Gasteiger partial charge in [0.05, 0.1) is 18.2 Å². The number of anilines is 1. The Morgan fingerprint density at radius 1 is 1.04 bits per heavy atom. The molecule has 124 valence electrons. The summed E-state index contributed by atoms with van der Waals surface area (Å²) in [6.07, 6.45) is 3.19. The minimum atomic E-state index is -1.06. The van der Waals surface area contributed by atoms with Crippen molar-refractivity contribution in [3.05, 3.63) is 29.8 Å². The summed E-state index contributed by atoms with van der Waals surface area (Å²) in [4.78, 5) is 28.1. The third-order valence-corrected chi connectivity index (χ3v) is 4.91. The number of amides is 2. The van der Waals surface area contributed by atoms with E-state index < -0.39 is 17.7 Å². The zero-order valence-corrected chi connectivity index (χ0v) is 13.3. The van der Waals surface area contributed by atoms with Gasteiger partial charge < -0.3 is 0 Å². The summed E-state index contributed by atoms with van der Waals surface area (Å²) in [5.74, 6) is -2.77. The maximum absolute atomic E-state index is 13.4. The van der Waals surface area contributed by atoms with E-state index in [9.17, 15) is 18.4 Å². The van der Waals surface area contributed by atoms with Crippen LogP contribution < -0.4 is 4.90 Å². The second-order valence-electron chi connectivity index (χ2n) is 6.46. The minimum absolute atomic E-state index is 0.0898. The first-order valence-electron chi connectivity index (χ1n) is 7.99. The fourth-order valence-electron chi connectivity index (χ4n) is 3.80. The fraction of sp³-hybridized carbons (Fsp3) is 0.529. The first-order chi connectivity index (χ1) is 10.9. The Kier molecular flexibility index (Phi) is 4.19. The first-order valence-corrected chi connectivity index (χ1v) is 7.99. The number of nitrogens with zero attached hydrogens (tertiary/aromatic N) is 2. The van der Waals surface area contributed by atoms with Crippen LogP contribution in [0.3, 0.4) is 0 Å². The number of carbonyl (C=O) groups excluding carboxylic acids is 2. The highest BCUT2D eigenvalue weighted by atomic mass is 19.2. The number of benzene rings is 1. The SMILES string of the molecule is C[C@@H]1CCC[C@H](C)N1[C@@H]1CC(=O)N(c2ccc(F)c(F)c2)C1=O. The van der Waals surface area contributed by atoms with E-state index in [1.165, 1.54) is 6.07 Å². The number of imide groups is 1. The van der Waals surface area contributed by atoms with E-state index in [2.05, 4.69) is 18.7 Å². The van der Waals surface area contributed by atoms with Crippen molar-refractivity contribution in [1.29, 1.82) is 0 Å². The molecule has 2 amide bonds. The van der Waals surface area contributed by atoms with Crippen LogP contribution >= 0.6 is 0 Å². The van der Waals surface area contributed by atoms with Gasteiger partial charge in [0.25, 0.3) is 5.91 Å².